The van der Waals surface area contributed by atoms with Crippen molar-refractivity contribution in [3.05, 3.63) is 109 Å². The minimum Gasteiger partial charge on any atom is -0.338 e. The number of hydrogen-bond acceptors (Lipinski definition) is 2. The molecule has 3 nitrogen and oxygen atoms in total. The van der Waals surface area contributed by atoms with Crippen molar-refractivity contribution in [2.24, 2.45) is 0 Å². The number of H-pyrrole nitrogens is 1. The minimum absolute atomic E-state index is 0.893. The number of nitrogens with zero attached hydrogens (tertiary/aromatic N) is 2. The number of thiophene rings is 1. The third kappa shape index (κ3) is 2.69. The minimum atomic E-state index is 0.893. The second kappa shape index (κ2) is 7.05. The summed E-state index contributed by atoms with van der Waals surface area (Å²) >= 11 is 1.87. The number of para-hydroxylation sites is 3. The van der Waals surface area contributed by atoms with Crippen LogP contribution in [0.1, 0.15) is 0 Å². The highest BCUT2D eigenvalue weighted by Crippen LogP contribution is 2.43. The molecule has 0 aliphatic rings. The van der Waals surface area contributed by atoms with Crippen LogP contribution < -0.4 is 0 Å². The summed E-state index contributed by atoms with van der Waals surface area (Å²) in [5.41, 5.74) is 6.69. The van der Waals surface area contributed by atoms with E-state index in [0.717, 1.165) is 28.1 Å². The van der Waals surface area contributed by atoms with Crippen molar-refractivity contribution in [1.29, 1.82) is 0 Å². The summed E-state index contributed by atoms with van der Waals surface area (Å²) in [5, 5.41) is 5.25. The van der Waals surface area contributed by atoms with E-state index in [0.29, 0.717) is 0 Å². The summed E-state index contributed by atoms with van der Waals surface area (Å²) in [5.74, 6) is 0.893. The van der Waals surface area contributed by atoms with Crippen LogP contribution in [0, 0.1) is 0 Å². The first kappa shape index (κ1) is 19.0. The third-order valence-electron chi connectivity index (χ3n) is 6.95. The van der Waals surface area contributed by atoms with E-state index in [1.807, 2.05) is 29.5 Å². The zero-order valence-corrected chi connectivity index (χ0v) is 19.5. The fraction of sp³-hybridized carbons (Fsp3) is 0. The van der Waals surface area contributed by atoms with Gasteiger partial charge in [0.2, 0.25) is 0 Å². The highest BCUT2D eigenvalue weighted by molar-refractivity contribution is 7.26. The molecule has 8 aromatic rings. The van der Waals surface area contributed by atoms with E-state index < -0.39 is 0 Å². The molecule has 35 heavy (non-hydrogen) atoms. The molecule has 0 radical (unpaired) electrons. The Hall–Kier alpha value is -4.41. The van der Waals surface area contributed by atoms with Crippen LogP contribution in [0.2, 0.25) is 0 Å². The average Bonchev–Trinajstić information content (AvgIpc) is 3.59. The molecule has 8 rings (SSSR count). The lowest BCUT2D eigenvalue weighted by Crippen LogP contribution is -1.93. The van der Waals surface area contributed by atoms with E-state index in [2.05, 4.69) is 101 Å². The Bertz CT molecular complexity index is 2030. The van der Waals surface area contributed by atoms with Crippen LogP contribution in [-0.4, -0.2) is 14.5 Å². The Morgan fingerprint density at radius 3 is 2.37 bits per heavy atom. The predicted octanol–water partition coefficient (Wildman–Crippen LogP) is 8.69. The summed E-state index contributed by atoms with van der Waals surface area (Å²) in [6.07, 6.45) is 0. The van der Waals surface area contributed by atoms with Gasteiger partial charge < -0.3 is 9.55 Å². The van der Waals surface area contributed by atoms with Crippen molar-refractivity contribution in [2.45, 2.75) is 0 Å². The van der Waals surface area contributed by atoms with Gasteiger partial charge in [0.05, 0.1) is 22.1 Å². The number of fused-ring (bicyclic) bond motifs is 8. The number of rotatable bonds is 2. The molecule has 3 aromatic heterocycles. The van der Waals surface area contributed by atoms with E-state index in [9.17, 15) is 0 Å². The molecular formula is C31H19N3S. The van der Waals surface area contributed by atoms with Gasteiger partial charge in [-0.15, -0.1) is 11.3 Å². The quantitative estimate of drug-likeness (QED) is 0.272. The maximum atomic E-state index is 4.87. The summed E-state index contributed by atoms with van der Waals surface area (Å²) < 4.78 is 5.05. The van der Waals surface area contributed by atoms with Gasteiger partial charge in [-0.3, -0.25) is 0 Å². The number of aromatic nitrogens is 3. The Kier molecular flexibility index (Phi) is 3.82. The maximum absolute atomic E-state index is 4.87. The molecule has 5 aromatic carbocycles. The molecule has 0 saturated heterocycles. The van der Waals surface area contributed by atoms with E-state index in [-0.39, 0.29) is 0 Å². The number of imidazole rings is 1. The smallest absolute Gasteiger partial charge is 0.138 e. The highest BCUT2D eigenvalue weighted by Gasteiger charge is 2.18. The largest absolute Gasteiger partial charge is 0.338 e. The van der Waals surface area contributed by atoms with Crippen LogP contribution in [0.15, 0.2) is 109 Å². The van der Waals surface area contributed by atoms with Gasteiger partial charge in [-0.2, -0.15) is 0 Å². The fourth-order valence-corrected chi connectivity index (χ4v) is 6.53. The van der Waals surface area contributed by atoms with Crippen LogP contribution in [0.5, 0.6) is 0 Å². The molecular weight excluding hydrogens is 446 g/mol. The summed E-state index contributed by atoms with van der Waals surface area (Å²) in [6.45, 7) is 0. The van der Waals surface area contributed by atoms with Crippen molar-refractivity contribution in [3.8, 4) is 17.1 Å². The van der Waals surface area contributed by atoms with Gasteiger partial charge in [0, 0.05) is 42.2 Å². The third-order valence-corrected chi connectivity index (χ3v) is 8.08. The van der Waals surface area contributed by atoms with E-state index in [1.54, 1.807) is 0 Å². The van der Waals surface area contributed by atoms with Gasteiger partial charge in [-0.25, -0.2) is 4.98 Å². The van der Waals surface area contributed by atoms with E-state index >= 15 is 0 Å². The van der Waals surface area contributed by atoms with Crippen LogP contribution in [0.4, 0.5) is 0 Å². The normalized spacial score (nSPS) is 12.0. The first-order valence-corrected chi connectivity index (χ1v) is 12.6. The summed E-state index contributed by atoms with van der Waals surface area (Å²) in [7, 11) is 0. The molecule has 4 heteroatoms. The maximum Gasteiger partial charge on any atom is 0.138 e. The van der Waals surface area contributed by atoms with Gasteiger partial charge in [0.25, 0.3) is 0 Å². The van der Waals surface area contributed by atoms with Crippen molar-refractivity contribution in [3.63, 3.8) is 0 Å². The number of benzene rings is 5. The van der Waals surface area contributed by atoms with Crippen molar-refractivity contribution in [1.82, 2.24) is 14.5 Å². The molecule has 1 N–H and O–H groups in total. The Balaban J connectivity index is 1.52. The van der Waals surface area contributed by atoms with Gasteiger partial charge in [-0.1, -0.05) is 60.7 Å². The number of aromatic amines is 1. The predicted molar refractivity (Wildman–Crippen MR) is 149 cm³/mol. The van der Waals surface area contributed by atoms with Crippen LogP contribution in [-0.2, 0) is 0 Å². The number of hydrogen-bond donors (Lipinski definition) is 1. The van der Waals surface area contributed by atoms with Gasteiger partial charge in [0.1, 0.15) is 5.82 Å². The van der Waals surface area contributed by atoms with Crippen molar-refractivity contribution in [2.75, 3.05) is 0 Å². The standard InChI is InChI=1S/C31H19N3S/c1-2-8-20(9-3-1)34-25-16-17-28-30(22-10-4-7-13-27(22)35-28)29(25)21-15-14-19(18-26(21)34)31-32-23-11-5-6-12-24(23)33-31/h1-18H,(H,32,33). The zero-order chi connectivity index (χ0) is 22.9. The van der Waals surface area contributed by atoms with E-state index in [1.165, 1.54) is 42.0 Å². The highest BCUT2D eigenvalue weighted by atomic mass is 32.1. The average molecular weight is 466 g/mol. The lowest BCUT2D eigenvalue weighted by Gasteiger charge is -2.08. The molecule has 0 spiro atoms. The lowest BCUT2D eigenvalue weighted by atomic mass is 10.0. The molecule has 0 fully saturated rings. The second-order valence-electron chi connectivity index (χ2n) is 8.94. The molecule has 3 heterocycles. The van der Waals surface area contributed by atoms with Crippen LogP contribution in [0.3, 0.4) is 0 Å². The summed E-state index contributed by atoms with van der Waals surface area (Å²) in [6, 6.07) is 38.9. The first-order chi connectivity index (χ1) is 17.3. The van der Waals surface area contributed by atoms with Crippen LogP contribution in [0.25, 0.3) is 70.1 Å². The first-order valence-electron chi connectivity index (χ1n) is 11.7. The monoisotopic (exact) mass is 465 g/mol. The van der Waals surface area contributed by atoms with Crippen molar-refractivity contribution < 1.29 is 0 Å². The fourth-order valence-electron chi connectivity index (χ4n) is 5.41. The Labute approximate surface area is 204 Å². The van der Waals surface area contributed by atoms with E-state index in [4.69, 9.17) is 4.98 Å². The second-order valence-corrected chi connectivity index (χ2v) is 10.0. The lowest BCUT2D eigenvalue weighted by molar-refractivity contribution is 1.18. The van der Waals surface area contributed by atoms with Gasteiger partial charge in [-0.05, 0) is 48.5 Å². The molecule has 0 bridgehead atoms. The van der Waals surface area contributed by atoms with Gasteiger partial charge >= 0.3 is 0 Å². The SMILES string of the molecule is c1ccc(-n2c3cc(-c4nc5ccccc5[nH]4)ccc3c3c4c(ccc32)sc2ccccc24)cc1. The Morgan fingerprint density at radius 2 is 1.46 bits per heavy atom. The Morgan fingerprint density at radius 1 is 0.629 bits per heavy atom. The summed E-state index contributed by atoms with van der Waals surface area (Å²) in [4.78, 5) is 8.37. The van der Waals surface area contributed by atoms with Crippen LogP contribution >= 0.6 is 11.3 Å². The van der Waals surface area contributed by atoms with Gasteiger partial charge in [0.15, 0.2) is 0 Å². The molecule has 0 saturated carbocycles. The molecule has 0 atom stereocenters. The molecule has 0 aliphatic heterocycles. The molecule has 164 valence electrons. The topological polar surface area (TPSA) is 33.6 Å². The zero-order valence-electron chi connectivity index (χ0n) is 18.7. The van der Waals surface area contributed by atoms with Crippen molar-refractivity contribution >= 4 is 64.3 Å². The number of nitrogens with one attached hydrogen (secondary N) is 1. The molecule has 0 aliphatic carbocycles. The molecule has 0 amide bonds. The molecule has 0 unspecified atom stereocenters.